The fraction of sp³-hybridized carbons (Fsp3) is 0.381. The highest BCUT2D eigenvalue weighted by molar-refractivity contribution is 5.70. The molecular formula is C21H23NO7. The lowest BCUT2D eigenvalue weighted by atomic mass is 9.98. The lowest BCUT2D eigenvalue weighted by molar-refractivity contribution is -0.235. The van der Waals surface area contributed by atoms with Crippen LogP contribution in [0.1, 0.15) is 5.56 Å². The van der Waals surface area contributed by atoms with E-state index in [4.69, 9.17) is 23.7 Å². The number of carbonyl (C=O) groups is 1. The van der Waals surface area contributed by atoms with Crippen LogP contribution in [-0.4, -0.2) is 55.6 Å². The Morgan fingerprint density at radius 3 is 2.52 bits per heavy atom. The van der Waals surface area contributed by atoms with Gasteiger partial charge in [-0.25, -0.2) is 4.79 Å². The molecule has 2 saturated heterocycles. The second-order valence-electron chi connectivity index (χ2n) is 6.87. The van der Waals surface area contributed by atoms with E-state index in [0.717, 1.165) is 5.56 Å². The van der Waals surface area contributed by atoms with Gasteiger partial charge >= 0.3 is 6.09 Å². The van der Waals surface area contributed by atoms with Gasteiger partial charge in [-0.3, -0.25) is 0 Å². The molecule has 154 valence electrons. The zero-order valence-electron chi connectivity index (χ0n) is 15.9. The Morgan fingerprint density at radius 2 is 1.79 bits per heavy atom. The van der Waals surface area contributed by atoms with Crippen molar-refractivity contribution in [2.45, 2.75) is 37.3 Å². The molecule has 0 spiro atoms. The predicted molar refractivity (Wildman–Crippen MR) is 102 cm³/mol. The Morgan fingerprint density at radius 1 is 1.07 bits per heavy atom. The van der Waals surface area contributed by atoms with Crippen LogP contribution in [0.5, 0.6) is 11.5 Å². The summed E-state index contributed by atoms with van der Waals surface area (Å²) in [4.78, 5) is 11.7. The minimum Gasteiger partial charge on any atom is -0.497 e. The largest absolute Gasteiger partial charge is 0.497 e. The molecule has 0 saturated carbocycles. The van der Waals surface area contributed by atoms with Gasteiger partial charge in [0.25, 0.3) is 0 Å². The summed E-state index contributed by atoms with van der Waals surface area (Å²) in [5.41, 5.74) is 1.01. The van der Waals surface area contributed by atoms with Crippen molar-refractivity contribution in [3.8, 4) is 11.5 Å². The number of alkyl carbamates (subject to hydrolysis) is 1. The molecule has 0 aliphatic carbocycles. The standard InChI is InChI=1S/C21H23NO7/c1-25-14-7-9-15(10-8-14)27-20-17-19(29-21(24)22-17)18(23)16(28-20)12-26-11-13-5-3-2-4-6-13/h2-10,16-20,23H,11-12H2,1H3,(H,22,24)/t16-,17-,18-,19-,20-/m1/s1. The highest BCUT2D eigenvalue weighted by Crippen LogP contribution is 2.30. The molecule has 2 heterocycles. The number of fused-ring (bicyclic) bond motifs is 1. The summed E-state index contributed by atoms with van der Waals surface area (Å²) in [5.74, 6) is 1.23. The molecule has 1 amide bonds. The van der Waals surface area contributed by atoms with E-state index in [1.54, 1.807) is 31.4 Å². The number of aliphatic hydroxyl groups is 1. The molecule has 2 fully saturated rings. The van der Waals surface area contributed by atoms with Gasteiger partial charge in [-0.2, -0.15) is 0 Å². The van der Waals surface area contributed by atoms with E-state index in [0.29, 0.717) is 18.1 Å². The summed E-state index contributed by atoms with van der Waals surface area (Å²) >= 11 is 0. The number of benzene rings is 2. The molecule has 2 aliphatic heterocycles. The first kappa shape index (κ1) is 19.5. The van der Waals surface area contributed by atoms with E-state index in [9.17, 15) is 9.90 Å². The van der Waals surface area contributed by atoms with Gasteiger partial charge in [0.1, 0.15) is 29.7 Å². The van der Waals surface area contributed by atoms with Crippen LogP contribution in [0.25, 0.3) is 0 Å². The molecule has 8 nitrogen and oxygen atoms in total. The number of rotatable bonds is 7. The molecule has 0 bridgehead atoms. The maximum Gasteiger partial charge on any atom is 0.408 e. The maximum absolute atomic E-state index is 11.7. The quantitative estimate of drug-likeness (QED) is 0.731. The molecule has 29 heavy (non-hydrogen) atoms. The predicted octanol–water partition coefficient (Wildman–Crippen LogP) is 1.85. The molecule has 2 aromatic rings. The number of nitrogens with one attached hydrogen (secondary N) is 1. The van der Waals surface area contributed by atoms with Crippen molar-refractivity contribution in [2.75, 3.05) is 13.7 Å². The summed E-state index contributed by atoms with van der Waals surface area (Å²) in [6.45, 7) is 0.503. The van der Waals surface area contributed by atoms with Crippen molar-refractivity contribution in [1.82, 2.24) is 5.32 Å². The maximum atomic E-state index is 11.7. The number of hydrogen-bond acceptors (Lipinski definition) is 7. The van der Waals surface area contributed by atoms with Gasteiger partial charge in [0, 0.05) is 0 Å². The zero-order valence-corrected chi connectivity index (χ0v) is 15.9. The Bertz CT molecular complexity index is 814. The fourth-order valence-electron chi connectivity index (χ4n) is 3.40. The SMILES string of the molecule is COc1ccc(O[C@@H]2O[C@H](COCc3ccccc3)[C@@H](O)[C@@H]3OC(=O)N[C@@H]23)cc1. The van der Waals surface area contributed by atoms with E-state index in [-0.39, 0.29) is 6.61 Å². The second kappa shape index (κ2) is 8.69. The Hall–Kier alpha value is -2.81. The summed E-state index contributed by atoms with van der Waals surface area (Å²) in [7, 11) is 1.58. The van der Waals surface area contributed by atoms with Crippen LogP contribution in [0.15, 0.2) is 54.6 Å². The molecule has 0 radical (unpaired) electrons. The normalized spacial score (nSPS) is 28.2. The molecule has 2 aromatic carbocycles. The van der Waals surface area contributed by atoms with Crippen LogP contribution >= 0.6 is 0 Å². The van der Waals surface area contributed by atoms with Gasteiger partial charge < -0.3 is 34.1 Å². The number of aliphatic hydroxyl groups excluding tert-OH is 1. The molecule has 4 rings (SSSR count). The molecular weight excluding hydrogens is 378 g/mol. The van der Waals surface area contributed by atoms with Gasteiger partial charge in [-0.15, -0.1) is 0 Å². The van der Waals surface area contributed by atoms with Gasteiger partial charge in [-0.05, 0) is 29.8 Å². The third-order valence-corrected chi connectivity index (χ3v) is 4.91. The topological polar surface area (TPSA) is 95.5 Å². The van der Waals surface area contributed by atoms with Gasteiger partial charge in [-0.1, -0.05) is 30.3 Å². The fourth-order valence-corrected chi connectivity index (χ4v) is 3.40. The first-order valence-electron chi connectivity index (χ1n) is 9.37. The van der Waals surface area contributed by atoms with Crippen LogP contribution in [0, 0.1) is 0 Å². The highest BCUT2D eigenvalue weighted by atomic mass is 16.7. The van der Waals surface area contributed by atoms with E-state index in [1.807, 2.05) is 30.3 Å². The van der Waals surface area contributed by atoms with E-state index < -0.39 is 36.7 Å². The molecule has 0 unspecified atom stereocenters. The first-order valence-corrected chi connectivity index (χ1v) is 9.37. The van der Waals surface area contributed by atoms with Crippen molar-refractivity contribution in [3.05, 3.63) is 60.2 Å². The highest BCUT2D eigenvalue weighted by Gasteiger charge is 2.53. The number of carbonyl (C=O) groups excluding carboxylic acids is 1. The summed E-state index contributed by atoms with van der Waals surface area (Å²) < 4.78 is 28.0. The summed E-state index contributed by atoms with van der Waals surface area (Å²) in [5, 5.41) is 13.3. The Balaban J connectivity index is 1.42. The van der Waals surface area contributed by atoms with Gasteiger partial charge in [0.15, 0.2) is 6.10 Å². The smallest absolute Gasteiger partial charge is 0.408 e. The third-order valence-electron chi connectivity index (χ3n) is 4.91. The van der Waals surface area contributed by atoms with E-state index in [2.05, 4.69) is 5.32 Å². The molecule has 2 aliphatic rings. The number of amides is 1. The third kappa shape index (κ3) is 4.45. The molecule has 2 N–H and O–H groups in total. The van der Waals surface area contributed by atoms with Crippen molar-refractivity contribution >= 4 is 6.09 Å². The summed E-state index contributed by atoms with van der Waals surface area (Å²) in [6, 6.07) is 16.0. The average molecular weight is 401 g/mol. The monoisotopic (exact) mass is 401 g/mol. The van der Waals surface area contributed by atoms with Crippen LogP contribution < -0.4 is 14.8 Å². The van der Waals surface area contributed by atoms with Crippen LogP contribution in [0.2, 0.25) is 0 Å². The molecule has 0 aromatic heterocycles. The van der Waals surface area contributed by atoms with Crippen LogP contribution in [0.4, 0.5) is 4.79 Å². The number of ether oxygens (including phenoxy) is 5. The molecule has 5 atom stereocenters. The van der Waals surface area contributed by atoms with E-state index >= 15 is 0 Å². The minimum absolute atomic E-state index is 0.124. The van der Waals surface area contributed by atoms with Gasteiger partial charge in [0.2, 0.25) is 6.29 Å². The second-order valence-corrected chi connectivity index (χ2v) is 6.87. The van der Waals surface area contributed by atoms with E-state index in [1.165, 1.54) is 0 Å². The average Bonchev–Trinajstić information content (AvgIpc) is 3.15. The van der Waals surface area contributed by atoms with Crippen molar-refractivity contribution in [2.24, 2.45) is 0 Å². The first-order chi connectivity index (χ1) is 14.1. The lowest BCUT2D eigenvalue weighted by Gasteiger charge is -2.39. The van der Waals surface area contributed by atoms with Crippen molar-refractivity contribution in [1.29, 1.82) is 0 Å². The zero-order chi connectivity index (χ0) is 20.2. The molecule has 8 heteroatoms. The van der Waals surface area contributed by atoms with Crippen LogP contribution in [-0.2, 0) is 20.8 Å². The lowest BCUT2D eigenvalue weighted by Crippen LogP contribution is -2.61. The number of methoxy groups -OCH3 is 1. The van der Waals surface area contributed by atoms with Gasteiger partial charge in [0.05, 0.1) is 20.3 Å². The Labute approximate surface area is 168 Å². The number of hydrogen-bond donors (Lipinski definition) is 2. The Kier molecular flexibility index (Phi) is 5.84. The van der Waals surface area contributed by atoms with Crippen molar-refractivity contribution in [3.63, 3.8) is 0 Å². The van der Waals surface area contributed by atoms with Crippen molar-refractivity contribution < 1.29 is 33.6 Å². The summed E-state index contributed by atoms with van der Waals surface area (Å²) in [6.07, 6.45) is -3.99. The minimum atomic E-state index is -1.04. The van der Waals surface area contributed by atoms with Crippen LogP contribution in [0.3, 0.4) is 0 Å².